The number of nitrogens with two attached hydrogens (primary N) is 1. The Morgan fingerprint density at radius 1 is 1.17 bits per heavy atom. The van der Waals surface area contributed by atoms with Gasteiger partial charge in [0.1, 0.15) is 5.82 Å². The highest BCUT2D eigenvalue weighted by atomic mass is 35.5. The highest BCUT2D eigenvalue weighted by molar-refractivity contribution is 5.85. The Balaban J connectivity index is 0.00000218. The van der Waals surface area contributed by atoms with Crippen LogP contribution in [0.5, 0.6) is 0 Å². The predicted octanol–water partition coefficient (Wildman–Crippen LogP) is 1.28. The molecule has 3 aliphatic rings. The van der Waals surface area contributed by atoms with Crippen molar-refractivity contribution >= 4 is 30.1 Å². The Morgan fingerprint density at radius 3 is 2.60 bits per heavy atom. The molecular weight excluding hydrogens is 404 g/mol. The molecule has 3 aliphatic heterocycles. The second-order valence-electron chi connectivity index (χ2n) is 8.01. The van der Waals surface area contributed by atoms with Gasteiger partial charge in [0.05, 0.1) is 24.4 Å². The van der Waals surface area contributed by atoms with E-state index in [0.717, 1.165) is 75.0 Å². The topological polar surface area (TPSA) is 105 Å². The first-order valence-electron chi connectivity index (χ1n) is 10.5. The van der Waals surface area contributed by atoms with Crippen LogP contribution in [0.1, 0.15) is 25.3 Å². The summed E-state index contributed by atoms with van der Waals surface area (Å²) in [4.78, 5) is 23.2. The zero-order valence-electron chi connectivity index (χ0n) is 17.3. The van der Waals surface area contributed by atoms with E-state index in [1.807, 2.05) is 0 Å². The van der Waals surface area contributed by atoms with Crippen molar-refractivity contribution < 1.29 is 4.74 Å². The number of halogens is 1. The van der Waals surface area contributed by atoms with E-state index >= 15 is 0 Å². The fourth-order valence-electron chi connectivity index (χ4n) is 4.76. The number of nitrogen functional groups attached to an aromatic ring is 1. The number of ether oxygens (including phenoxy) is 1. The van der Waals surface area contributed by atoms with E-state index in [1.165, 1.54) is 5.56 Å². The van der Waals surface area contributed by atoms with Gasteiger partial charge >= 0.3 is 0 Å². The quantitative estimate of drug-likeness (QED) is 0.738. The first kappa shape index (κ1) is 21.0. The van der Waals surface area contributed by atoms with E-state index < -0.39 is 0 Å². The third-order valence-electron chi connectivity index (χ3n) is 6.51. The molecule has 2 fully saturated rings. The van der Waals surface area contributed by atoms with E-state index in [0.29, 0.717) is 13.2 Å². The summed E-state index contributed by atoms with van der Waals surface area (Å²) in [5.41, 5.74) is 8.84. The van der Waals surface area contributed by atoms with Crippen molar-refractivity contribution in [3.05, 3.63) is 18.0 Å². The first-order valence-corrected chi connectivity index (χ1v) is 10.5. The molecule has 5 rings (SSSR count). The molecule has 2 saturated heterocycles. The SMILES string of the molecule is CC[C@@]1(N2CCc3c(-c4cnc(N)nc4)nc(N4CCOCC4)nc32)CCNC1.Cl. The van der Waals surface area contributed by atoms with Gasteiger partial charge < -0.3 is 25.6 Å². The zero-order chi connectivity index (χ0) is 19.8. The molecule has 0 spiro atoms. The minimum Gasteiger partial charge on any atom is -0.378 e. The van der Waals surface area contributed by atoms with Gasteiger partial charge in [-0.3, -0.25) is 0 Å². The maximum Gasteiger partial charge on any atom is 0.228 e. The molecule has 0 unspecified atom stereocenters. The summed E-state index contributed by atoms with van der Waals surface area (Å²) in [5.74, 6) is 2.11. The standard InChI is InChI=1S/C20H28N8O.ClH/c1-2-20(4-5-22-13-20)28-6-3-15-16(14-11-23-18(21)24-12-14)25-19(26-17(15)28)27-7-9-29-10-8-27;/h11-12,22H,2-10,13H2,1H3,(H2,21,23,24);1H/t20-;/m1./s1. The van der Waals surface area contributed by atoms with E-state index in [4.69, 9.17) is 20.4 Å². The molecule has 3 N–H and O–H groups in total. The normalized spacial score (nSPS) is 23.4. The van der Waals surface area contributed by atoms with E-state index in [2.05, 4.69) is 32.0 Å². The van der Waals surface area contributed by atoms with E-state index in [1.54, 1.807) is 12.4 Å². The molecule has 0 amide bonds. The Morgan fingerprint density at radius 2 is 1.93 bits per heavy atom. The van der Waals surface area contributed by atoms with Gasteiger partial charge in [-0.05, 0) is 25.8 Å². The number of rotatable bonds is 4. The van der Waals surface area contributed by atoms with Crippen LogP contribution < -0.4 is 20.9 Å². The Kier molecular flexibility index (Phi) is 5.95. The molecule has 0 radical (unpaired) electrons. The van der Waals surface area contributed by atoms with E-state index in [-0.39, 0.29) is 23.9 Å². The Labute approximate surface area is 182 Å². The molecule has 1 atom stereocenters. The van der Waals surface area contributed by atoms with Crippen LogP contribution in [0.4, 0.5) is 17.7 Å². The van der Waals surface area contributed by atoms with Gasteiger partial charge in [0.2, 0.25) is 11.9 Å². The largest absolute Gasteiger partial charge is 0.378 e. The summed E-state index contributed by atoms with van der Waals surface area (Å²) in [5, 5.41) is 3.56. The van der Waals surface area contributed by atoms with Crippen molar-refractivity contribution in [1.82, 2.24) is 25.3 Å². The van der Waals surface area contributed by atoms with Crippen LogP contribution in [-0.2, 0) is 11.2 Å². The van der Waals surface area contributed by atoms with Gasteiger partial charge in [-0.15, -0.1) is 12.4 Å². The van der Waals surface area contributed by atoms with E-state index in [9.17, 15) is 0 Å². The molecule has 0 aromatic carbocycles. The minimum absolute atomic E-state index is 0. The highest BCUT2D eigenvalue weighted by Gasteiger charge is 2.43. The summed E-state index contributed by atoms with van der Waals surface area (Å²) in [6.07, 6.45) is 6.70. The van der Waals surface area contributed by atoms with Crippen molar-refractivity contribution in [3.63, 3.8) is 0 Å². The van der Waals surface area contributed by atoms with Gasteiger partial charge in [0, 0.05) is 49.7 Å². The Hall–Kier alpha value is -2.23. The fourth-order valence-corrected chi connectivity index (χ4v) is 4.76. The highest BCUT2D eigenvalue weighted by Crippen LogP contribution is 2.41. The summed E-state index contributed by atoms with van der Waals surface area (Å²) >= 11 is 0. The monoisotopic (exact) mass is 432 g/mol. The van der Waals surface area contributed by atoms with Crippen molar-refractivity contribution in [2.24, 2.45) is 0 Å². The molecule has 5 heterocycles. The number of hydrogen-bond acceptors (Lipinski definition) is 9. The fraction of sp³-hybridized carbons (Fsp3) is 0.600. The molecule has 0 saturated carbocycles. The Bertz CT molecular complexity index is 881. The number of aromatic nitrogens is 4. The van der Waals surface area contributed by atoms with Crippen LogP contribution in [0, 0.1) is 0 Å². The maximum atomic E-state index is 5.71. The zero-order valence-corrected chi connectivity index (χ0v) is 18.1. The van der Waals surface area contributed by atoms with Crippen molar-refractivity contribution in [1.29, 1.82) is 0 Å². The number of morpholine rings is 1. The van der Waals surface area contributed by atoms with Crippen LogP contribution in [-0.4, -0.2) is 71.4 Å². The third kappa shape index (κ3) is 3.55. The number of fused-ring (bicyclic) bond motifs is 1. The van der Waals surface area contributed by atoms with Gasteiger partial charge in [0.15, 0.2) is 0 Å². The number of anilines is 3. The maximum absolute atomic E-state index is 5.71. The third-order valence-corrected chi connectivity index (χ3v) is 6.51. The molecule has 10 heteroatoms. The molecule has 30 heavy (non-hydrogen) atoms. The average Bonchev–Trinajstić information content (AvgIpc) is 3.42. The summed E-state index contributed by atoms with van der Waals surface area (Å²) < 4.78 is 5.53. The number of hydrogen-bond donors (Lipinski definition) is 2. The van der Waals surface area contributed by atoms with Crippen LogP contribution >= 0.6 is 12.4 Å². The summed E-state index contributed by atoms with van der Waals surface area (Å²) in [6.45, 7) is 8.31. The molecule has 2 aromatic heterocycles. The van der Waals surface area contributed by atoms with Gasteiger partial charge in [-0.2, -0.15) is 4.98 Å². The molecule has 2 aromatic rings. The lowest BCUT2D eigenvalue weighted by Crippen LogP contribution is -2.50. The minimum atomic E-state index is 0. The van der Waals surface area contributed by atoms with Crippen LogP contribution in [0.2, 0.25) is 0 Å². The van der Waals surface area contributed by atoms with Gasteiger partial charge in [0.25, 0.3) is 0 Å². The molecule has 9 nitrogen and oxygen atoms in total. The van der Waals surface area contributed by atoms with Crippen molar-refractivity contribution in [2.75, 3.05) is 61.5 Å². The lowest BCUT2D eigenvalue weighted by molar-refractivity contribution is 0.122. The van der Waals surface area contributed by atoms with Crippen molar-refractivity contribution in [2.45, 2.75) is 31.7 Å². The van der Waals surface area contributed by atoms with Crippen LogP contribution in [0.25, 0.3) is 11.3 Å². The molecule has 0 aliphatic carbocycles. The first-order chi connectivity index (χ1) is 14.2. The summed E-state index contributed by atoms with van der Waals surface area (Å²) in [7, 11) is 0. The molecule has 162 valence electrons. The van der Waals surface area contributed by atoms with Gasteiger partial charge in [-0.25, -0.2) is 15.0 Å². The smallest absolute Gasteiger partial charge is 0.228 e. The van der Waals surface area contributed by atoms with Crippen LogP contribution in [0.15, 0.2) is 12.4 Å². The molecule has 0 bridgehead atoms. The second kappa shape index (κ2) is 8.49. The number of nitrogens with zero attached hydrogens (tertiary/aromatic N) is 6. The summed E-state index contributed by atoms with van der Waals surface area (Å²) in [6, 6.07) is 0. The lowest BCUT2D eigenvalue weighted by Gasteiger charge is -2.39. The molecular formula is C20H29ClN8O. The van der Waals surface area contributed by atoms with Gasteiger partial charge in [-0.1, -0.05) is 6.92 Å². The average molecular weight is 433 g/mol. The van der Waals surface area contributed by atoms with Crippen LogP contribution in [0.3, 0.4) is 0 Å². The second-order valence-corrected chi connectivity index (χ2v) is 8.01. The van der Waals surface area contributed by atoms with Crippen molar-refractivity contribution in [3.8, 4) is 11.3 Å². The predicted molar refractivity (Wildman–Crippen MR) is 119 cm³/mol. The lowest BCUT2D eigenvalue weighted by atomic mass is 9.93. The number of nitrogens with one attached hydrogen (secondary N) is 1.